The van der Waals surface area contributed by atoms with Crippen LogP contribution in [0, 0.1) is 0 Å². The van der Waals surface area contributed by atoms with E-state index in [4.69, 9.17) is 24.8 Å². The molecule has 0 aliphatic carbocycles. The predicted octanol–water partition coefficient (Wildman–Crippen LogP) is 10.5. The van der Waals surface area contributed by atoms with Crippen molar-refractivity contribution in [3.63, 3.8) is 0 Å². The van der Waals surface area contributed by atoms with Gasteiger partial charge in [-0.2, -0.15) is 0 Å². The largest absolute Gasteiger partial charge is 0.480 e. The van der Waals surface area contributed by atoms with Crippen LogP contribution in [-0.4, -0.2) is 71.1 Å². The molecule has 0 aromatic heterocycles. The number of esters is 2. The SMILES string of the molecule is CCCCC/C=C\C/C=C\CCCCCCCCCC(=O)OC[C@H](COP(=O)(O)OC[C@H](N)C(=O)O)OC(=O)CCC/C=C\C/C=C\C/C=C\C/C=C\C=C\[C@H](O)CC. The van der Waals surface area contributed by atoms with E-state index in [0.717, 1.165) is 57.8 Å². The Morgan fingerprint density at radius 3 is 1.68 bits per heavy atom. The number of phosphoric ester groups is 1. The van der Waals surface area contributed by atoms with Gasteiger partial charge in [-0.15, -0.1) is 0 Å². The molecule has 0 aromatic rings. The Balaban J connectivity index is 4.51. The van der Waals surface area contributed by atoms with Crippen molar-refractivity contribution in [2.75, 3.05) is 19.8 Å². The molecule has 12 nitrogen and oxygen atoms in total. The number of allylic oxidation sites excluding steroid dienone is 13. The molecule has 4 atom stereocenters. The lowest BCUT2D eigenvalue weighted by atomic mass is 10.1. The predicted molar refractivity (Wildman–Crippen MR) is 236 cm³/mol. The molecular weight excluding hydrogens is 773 g/mol. The third kappa shape index (κ3) is 39.8. The van der Waals surface area contributed by atoms with Crippen molar-refractivity contribution in [2.24, 2.45) is 5.73 Å². The van der Waals surface area contributed by atoms with Crippen LogP contribution in [-0.2, 0) is 37.5 Å². The second kappa shape index (κ2) is 40.0. The summed E-state index contributed by atoms with van der Waals surface area (Å²) in [7, 11) is -4.75. The molecule has 0 aliphatic heterocycles. The first-order chi connectivity index (χ1) is 28.5. The van der Waals surface area contributed by atoms with Gasteiger partial charge in [0.2, 0.25) is 0 Å². The first-order valence-electron chi connectivity index (χ1n) is 21.7. The summed E-state index contributed by atoms with van der Waals surface area (Å²) in [6, 6.07) is -1.54. The Bertz CT molecular complexity index is 1340. The quantitative estimate of drug-likeness (QED) is 0.0151. The van der Waals surface area contributed by atoms with Crippen molar-refractivity contribution in [1.29, 1.82) is 0 Å². The highest BCUT2D eigenvalue weighted by molar-refractivity contribution is 7.47. The first-order valence-corrected chi connectivity index (χ1v) is 23.2. The number of carbonyl (C=O) groups is 3. The van der Waals surface area contributed by atoms with Crippen molar-refractivity contribution in [1.82, 2.24) is 0 Å². The van der Waals surface area contributed by atoms with Gasteiger partial charge in [0.25, 0.3) is 0 Å². The molecule has 0 saturated heterocycles. The summed E-state index contributed by atoms with van der Waals surface area (Å²) in [4.78, 5) is 45.9. The molecule has 0 rings (SSSR count). The minimum absolute atomic E-state index is 0.0626. The third-order valence-corrected chi connectivity index (χ3v) is 9.74. The lowest BCUT2D eigenvalue weighted by Gasteiger charge is -2.20. The monoisotopic (exact) mass is 850 g/mol. The second-order valence-corrected chi connectivity index (χ2v) is 15.7. The van der Waals surface area contributed by atoms with Gasteiger partial charge < -0.3 is 30.3 Å². The lowest BCUT2D eigenvalue weighted by molar-refractivity contribution is -0.161. The van der Waals surface area contributed by atoms with Gasteiger partial charge in [0.15, 0.2) is 6.10 Å². The molecule has 0 aromatic carbocycles. The third-order valence-electron chi connectivity index (χ3n) is 8.78. The number of hydrogen-bond donors (Lipinski definition) is 4. The number of carbonyl (C=O) groups excluding carboxylic acids is 2. The maximum Gasteiger partial charge on any atom is 0.472 e. The number of hydrogen-bond acceptors (Lipinski definition) is 10. The molecule has 5 N–H and O–H groups in total. The fourth-order valence-electron chi connectivity index (χ4n) is 5.20. The molecule has 13 heteroatoms. The summed E-state index contributed by atoms with van der Waals surface area (Å²) in [5, 5.41) is 18.4. The Morgan fingerprint density at radius 2 is 1.10 bits per heavy atom. The summed E-state index contributed by atoms with van der Waals surface area (Å²) < 4.78 is 32.6. The van der Waals surface area contributed by atoms with Gasteiger partial charge in [0.1, 0.15) is 12.6 Å². The van der Waals surface area contributed by atoms with Gasteiger partial charge in [0.05, 0.1) is 19.3 Å². The van der Waals surface area contributed by atoms with Crippen LogP contribution < -0.4 is 5.73 Å². The smallest absolute Gasteiger partial charge is 0.472 e. The van der Waals surface area contributed by atoms with Crippen molar-refractivity contribution in [3.8, 4) is 0 Å². The molecule has 0 saturated carbocycles. The Morgan fingerprint density at radius 1 is 0.610 bits per heavy atom. The van der Waals surface area contributed by atoms with E-state index in [1.807, 2.05) is 37.3 Å². The number of aliphatic hydroxyl groups excluding tert-OH is 1. The molecule has 1 unspecified atom stereocenters. The highest BCUT2D eigenvalue weighted by Gasteiger charge is 2.28. The minimum Gasteiger partial charge on any atom is -0.480 e. The van der Waals surface area contributed by atoms with Gasteiger partial charge in [-0.25, -0.2) is 4.57 Å². The van der Waals surface area contributed by atoms with Crippen LogP contribution in [0.15, 0.2) is 85.1 Å². The Labute approximate surface area is 355 Å². The van der Waals surface area contributed by atoms with E-state index in [2.05, 4.69) is 60.1 Å². The summed E-state index contributed by atoms with van der Waals surface area (Å²) >= 11 is 0. The van der Waals surface area contributed by atoms with Crippen LogP contribution >= 0.6 is 7.82 Å². The van der Waals surface area contributed by atoms with E-state index < -0.39 is 57.2 Å². The maximum absolute atomic E-state index is 12.6. The molecule has 0 fully saturated rings. The average molecular weight is 850 g/mol. The minimum atomic E-state index is -4.75. The molecule has 0 radical (unpaired) electrons. The number of carboxylic acid groups (broad SMARTS) is 1. The molecule has 0 heterocycles. The van der Waals surface area contributed by atoms with Crippen molar-refractivity contribution in [2.45, 2.75) is 167 Å². The van der Waals surface area contributed by atoms with Gasteiger partial charge in [-0.05, 0) is 77.0 Å². The molecule has 0 amide bonds. The van der Waals surface area contributed by atoms with Crippen LogP contribution in [0.1, 0.15) is 149 Å². The molecule has 59 heavy (non-hydrogen) atoms. The number of phosphoric acid groups is 1. The van der Waals surface area contributed by atoms with E-state index >= 15 is 0 Å². The summed E-state index contributed by atoms with van der Waals surface area (Å²) in [6.45, 7) is 2.36. The van der Waals surface area contributed by atoms with Crippen LogP contribution in [0.4, 0.5) is 0 Å². The van der Waals surface area contributed by atoms with Crippen LogP contribution in [0.3, 0.4) is 0 Å². The molecule has 0 bridgehead atoms. The van der Waals surface area contributed by atoms with E-state index in [-0.39, 0.29) is 19.4 Å². The summed E-state index contributed by atoms with van der Waals surface area (Å²) in [5.41, 5.74) is 5.32. The van der Waals surface area contributed by atoms with E-state index in [0.29, 0.717) is 25.7 Å². The van der Waals surface area contributed by atoms with E-state index in [1.54, 1.807) is 6.08 Å². The Hall–Kier alpha value is -3.38. The van der Waals surface area contributed by atoms with Gasteiger partial charge >= 0.3 is 25.7 Å². The molecule has 0 aliphatic rings. The van der Waals surface area contributed by atoms with Crippen molar-refractivity contribution < 1.29 is 52.6 Å². The normalized spacial score (nSPS) is 15.1. The molecule has 0 spiro atoms. The maximum atomic E-state index is 12.6. The number of aliphatic hydroxyl groups is 1. The number of unbranched alkanes of at least 4 members (excludes halogenated alkanes) is 11. The first kappa shape index (κ1) is 55.6. The van der Waals surface area contributed by atoms with Gasteiger partial charge in [0, 0.05) is 12.8 Å². The number of carboxylic acids is 1. The zero-order valence-electron chi connectivity index (χ0n) is 35.9. The van der Waals surface area contributed by atoms with Crippen molar-refractivity contribution in [3.05, 3.63) is 85.1 Å². The number of rotatable bonds is 39. The highest BCUT2D eigenvalue weighted by Crippen LogP contribution is 2.43. The summed E-state index contributed by atoms with van der Waals surface area (Å²) in [5.74, 6) is -2.50. The Kier molecular flexibility index (Phi) is 37.8. The number of nitrogens with two attached hydrogens (primary N) is 1. The fraction of sp³-hybridized carbons (Fsp3) is 0.630. The number of aliphatic carboxylic acids is 1. The van der Waals surface area contributed by atoms with Crippen LogP contribution in [0.5, 0.6) is 0 Å². The van der Waals surface area contributed by atoms with Crippen molar-refractivity contribution >= 4 is 25.7 Å². The van der Waals surface area contributed by atoms with Crippen LogP contribution in [0.25, 0.3) is 0 Å². The van der Waals surface area contributed by atoms with E-state index in [1.165, 1.54) is 38.5 Å². The zero-order valence-corrected chi connectivity index (χ0v) is 36.8. The molecular formula is C46H76NO11P. The fourth-order valence-corrected chi connectivity index (χ4v) is 5.98. The van der Waals surface area contributed by atoms with Gasteiger partial charge in [-0.3, -0.25) is 23.4 Å². The van der Waals surface area contributed by atoms with E-state index in [9.17, 15) is 28.9 Å². The topological polar surface area (TPSA) is 192 Å². The van der Waals surface area contributed by atoms with Crippen LogP contribution in [0.2, 0.25) is 0 Å². The molecule has 336 valence electrons. The highest BCUT2D eigenvalue weighted by atomic mass is 31.2. The number of ether oxygens (including phenoxy) is 2. The standard InChI is InChI=1S/C46H76NO11P/c1-3-5-6-7-8-9-10-11-12-13-14-18-21-24-27-30-33-36-44(49)55-38-42(39-56-59(53,54)57-40-43(47)46(51)52)58-45(50)37-34-31-28-25-22-19-16-15-17-20-23-26-29-32-35-41(48)4-2/h8-9,11-12,16-17,19-20,25-26,28-29,32,35,41-43,48H,3-7,10,13-15,18,21-24,27,30-31,33-34,36-40,47H2,1-2H3,(H,51,52)(H,53,54)/b9-8-,12-11-,19-16-,20-17-,28-25-,29-26-,35-32+/t41-,42-,43+/m1/s1. The zero-order chi connectivity index (χ0) is 43.7. The van der Waals surface area contributed by atoms with Gasteiger partial charge in [-0.1, -0.05) is 144 Å². The second-order valence-electron chi connectivity index (χ2n) is 14.3. The average Bonchev–Trinajstić information content (AvgIpc) is 3.21. The summed E-state index contributed by atoms with van der Waals surface area (Å²) in [6.07, 6.45) is 46.0. The lowest BCUT2D eigenvalue weighted by Crippen LogP contribution is -2.34.